The van der Waals surface area contributed by atoms with Crippen molar-refractivity contribution >= 4 is 18.0 Å². The largest absolute Gasteiger partial charge is 0.479 e. The minimum atomic E-state index is -1.60. The van der Waals surface area contributed by atoms with E-state index in [1.54, 1.807) is 37.3 Å². The molecule has 0 bridgehead atoms. The molecule has 0 saturated heterocycles. The third-order valence-electron chi connectivity index (χ3n) is 2.84. The lowest BCUT2D eigenvalue weighted by Gasteiger charge is -2.26. The molecule has 1 atom stereocenters. The van der Waals surface area contributed by atoms with E-state index in [-0.39, 0.29) is 13.2 Å². The lowest BCUT2D eigenvalue weighted by molar-refractivity contribution is -0.144. The van der Waals surface area contributed by atoms with Gasteiger partial charge in [-0.15, -0.1) is 0 Å². The molecule has 0 aromatic heterocycles. The van der Waals surface area contributed by atoms with E-state index in [1.165, 1.54) is 6.92 Å². The fraction of sp³-hybridized carbons (Fsp3) is 0.357. The lowest BCUT2D eigenvalue weighted by Crippen LogP contribution is -2.53. The van der Waals surface area contributed by atoms with Crippen LogP contribution in [-0.4, -0.2) is 36.2 Å². The molecule has 0 fully saturated rings. The summed E-state index contributed by atoms with van der Waals surface area (Å²) in [5.74, 6) is -1.80. The van der Waals surface area contributed by atoms with Gasteiger partial charge in [-0.05, 0) is 19.4 Å². The molecule has 7 nitrogen and oxygen atoms in total. The molecular formula is C14H18N2O5. The summed E-state index contributed by atoms with van der Waals surface area (Å²) in [5.41, 5.74) is -1.18. The highest BCUT2D eigenvalue weighted by Gasteiger charge is 2.36. The summed E-state index contributed by atoms with van der Waals surface area (Å²) >= 11 is 0. The number of carboxylic acids is 1. The zero-order valence-electron chi connectivity index (χ0n) is 11.9. The van der Waals surface area contributed by atoms with Gasteiger partial charge < -0.3 is 20.5 Å². The van der Waals surface area contributed by atoms with Crippen LogP contribution in [0.2, 0.25) is 0 Å². The summed E-state index contributed by atoms with van der Waals surface area (Å²) in [6.45, 7) is 2.90. The molecule has 0 spiro atoms. The summed E-state index contributed by atoms with van der Waals surface area (Å²) in [6.07, 6.45) is 0. The number of rotatable bonds is 6. The van der Waals surface area contributed by atoms with Crippen LogP contribution in [0, 0.1) is 0 Å². The van der Waals surface area contributed by atoms with Crippen molar-refractivity contribution in [1.29, 1.82) is 0 Å². The molecule has 0 saturated carbocycles. The average molecular weight is 294 g/mol. The van der Waals surface area contributed by atoms with E-state index in [0.29, 0.717) is 5.56 Å². The zero-order valence-corrected chi connectivity index (χ0v) is 11.9. The summed E-state index contributed by atoms with van der Waals surface area (Å²) in [5, 5.41) is 14.0. The van der Waals surface area contributed by atoms with E-state index in [1.807, 2.05) is 0 Å². The third-order valence-corrected chi connectivity index (χ3v) is 2.84. The number of ether oxygens (including phenoxy) is 1. The van der Waals surface area contributed by atoms with E-state index in [0.717, 1.165) is 0 Å². The number of amides is 2. The highest BCUT2D eigenvalue weighted by molar-refractivity contribution is 5.88. The fourth-order valence-corrected chi connectivity index (χ4v) is 1.66. The smallest absolute Gasteiger partial charge is 0.333 e. The van der Waals surface area contributed by atoms with Gasteiger partial charge in [0.05, 0.1) is 6.61 Å². The van der Waals surface area contributed by atoms with Crippen LogP contribution in [-0.2, 0) is 19.9 Å². The van der Waals surface area contributed by atoms with Crippen LogP contribution in [0.25, 0.3) is 0 Å². The minimum Gasteiger partial charge on any atom is -0.479 e. The predicted octanol–water partition coefficient (Wildman–Crippen LogP) is 0.849. The number of carbonyl (C=O) groups excluding carboxylic acids is 2. The van der Waals surface area contributed by atoms with Crippen LogP contribution in [0.1, 0.15) is 19.4 Å². The van der Waals surface area contributed by atoms with Gasteiger partial charge in [0.25, 0.3) is 0 Å². The summed E-state index contributed by atoms with van der Waals surface area (Å²) in [4.78, 5) is 34.4. The normalized spacial score (nSPS) is 12.9. The molecule has 1 aromatic rings. The maximum atomic E-state index is 11.8. The fourth-order valence-electron chi connectivity index (χ4n) is 1.66. The molecule has 2 amide bonds. The highest BCUT2D eigenvalue weighted by Crippen LogP contribution is 2.20. The minimum absolute atomic E-state index is 0.207. The van der Waals surface area contributed by atoms with Crippen molar-refractivity contribution in [3.05, 3.63) is 35.9 Å². The summed E-state index contributed by atoms with van der Waals surface area (Å²) < 4.78 is 4.66. The summed E-state index contributed by atoms with van der Waals surface area (Å²) in [6, 6.07) is 7.52. The molecule has 0 aliphatic carbocycles. The molecule has 3 N–H and O–H groups in total. The first-order valence-electron chi connectivity index (χ1n) is 6.40. The molecule has 0 aliphatic rings. The highest BCUT2D eigenvalue weighted by atomic mass is 16.5. The van der Waals surface area contributed by atoms with Crippen LogP contribution in [0.4, 0.5) is 4.79 Å². The second kappa shape index (κ2) is 7.28. The first-order valence-corrected chi connectivity index (χ1v) is 6.40. The molecule has 7 heteroatoms. The molecule has 1 unspecified atom stereocenters. The Balaban J connectivity index is 2.73. The average Bonchev–Trinajstić information content (AvgIpc) is 2.46. The van der Waals surface area contributed by atoms with Gasteiger partial charge in [0.1, 0.15) is 6.54 Å². The molecule has 0 radical (unpaired) electrons. The Morgan fingerprint density at radius 2 is 1.86 bits per heavy atom. The van der Waals surface area contributed by atoms with Gasteiger partial charge in [-0.1, -0.05) is 30.3 Å². The summed E-state index contributed by atoms with van der Waals surface area (Å²) in [7, 11) is 0. The molecule has 1 rings (SSSR count). The molecule has 21 heavy (non-hydrogen) atoms. The first-order chi connectivity index (χ1) is 9.90. The van der Waals surface area contributed by atoms with Gasteiger partial charge in [-0.2, -0.15) is 0 Å². The Morgan fingerprint density at radius 3 is 2.38 bits per heavy atom. The van der Waals surface area contributed by atoms with Crippen molar-refractivity contribution in [3.8, 4) is 0 Å². The van der Waals surface area contributed by atoms with Gasteiger partial charge >= 0.3 is 18.0 Å². The lowest BCUT2D eigenvalue weighted by atomic mass is 9.92. The topological polar surface area (TPSA) is 105 Å². The van der Waals surface area contributed by atoms with Gasteiger partial charge in [0.2, 0.25) is 0 Å². The van der Waals surface area contributed by atoms with Crippen molar-refractivity contribution in [2.75, 3.05) is 13.2 Å². The molecule has 114 valence electrons. The Bertz CT molecular complexity index is 517. The number of hydrogen-bond acceptors (Lipinski definition) is 4. The number of urea groups is 1. The maximum absolute atomic E-state index is 11.8. The van der Waals surface area contributed by atoms with Crippen molar-refractivity contribution in [2.24, 2.45) is 0 Å². The number of carbonyl (C=O) groups is 3. The second-order valence-corrected chi connectivity index (χ2v) is 4.41. The SMILES string of the molecule is CCOC(=O)CNC(=O)NC(C)(C(=O)O)c1ccccc1. The Morgan fingerprint density at radius 1 is 1.24 bits per heavy atom. The Labute approximate surface area is 122 Å². The van der Waals surface area contributed by atoms with E-state index < -0.39 is 23.5 Å². The Kier molecular flexibility index (Phi) is 5.71. The van der Waals surface area contributed by atoms with Crippen molar-refractivity contribution in [3.63, 3.8) is 0 Å². The van der Waals surface area contributed by atoms with Crippen LogP contribution >= 0.6 is 0 Å². The van der Waals surface area contributed by atoms with E-state index in [4.69, 9.17) is 0 Å². The van der Waals surface area contributed by atoms with E-state index >= 15 is 0 Å². The molecule has 0 aliphatic heterocycles. The number of carboxylic acid groups (broad SMARTS) is 1. The number of nitrogens with one attached hydrogen (secondary N) is 2. The maximum Gasteiger partial charge on any atom is 0.333 e. The Hall–Kier alpha value is -2.57. The zero-order chi connectivity index (χ0) is 15.9. The van der Waals surface area contributed by atoms with E-state index in [2.05, 4.69) is 15.4 Å². The number of benzene rings is 1. The predicted molar refractivity (Wildman–Crippen MR) is 74.6 cm³/mol. The van der Waals surface area contributed by atoms with Crippen LogP contribution in [0.3, 0.4) is 0 Å². The van der Waals surface area contributed by atoms with Crippen molar-refractivity contribution in [1.82, 2.24) is 10.6 Å². The first kappa shape index (κ1) is 16.5. The van der Waals surface area contributed by atoms with Crippen LogP contribution < -0.4 is 10.6 Å². The van der Waals surface area contributed by atoms with Crippen molar-refractivity contribution < 1.29 is 24.2 Å². The quantitative estimate of drug-likeness (QED) is 0.675. The van der Waals surface area contributed by atoms with E-state index in [9.17, 15) is 19.5 Å². The van der Waals surface area contributed by atoms with Gasteiger partial charge in [0, 0.05) is 0 Å². The number of aliphatic carboxylic acids is 1. The molecular weight excluding hydrogens is 276 g/mol. The number of hydrogen-bond donors (Lipinski definition) is 3. The van der Waals surface area contributed by atoms with Crippen LogP contribution in [0.15, 0.2) is 30.3 Å². The van der Waals surface area contributed by atoms with Crippen LogP contribution in [0.5, 0.6) is 0 Å². The monoisotopic (exact) mass is 294 g/mol. The van der Waals surface area contributed by atoms with Crippen molar-refractivity contribution in [2.45, 2.75) is 19.4 Å². The third kappa shape index (κ3) is 4.48. The molecule has 1 aromatic carbocycles. The molecule has 0 heterocycles. The second-order valence-electron chi connectivity index (χ2n) is 4.41. The van der Waals surface area contributed by atoms with Gasteiger partial charge in [0.15, 0.2) is 5.54 Å². The van der Waals surface area contributed by atoms with Gasteiger partial charge in [-0.25, -0.2) is 9.59 Å². The van der Waals surface area contributed by atoms with Gasteiger partial charge in [-0.3, -0.25) is 4.79 Å². The standard InChI is InChI=1S/C14H18N2O5/c1-3-21-11(17)9-15-13(20)16-14(2,12(18)19)10-7-5-4-6-8-10/h4-8H,3,9H2,1-2H3,(H,18,19)(H2,15,16,20). The number of esters is 1.